The lowest BCUT2D eigenvalue weighted by Crippen LogP contribution is -2.37. The van der Waals surface area contributed by atoms with Gasteiger partial charge in [0.25, 0.3) is 0 Å². The fraction of sp³-hybridized carbons (Fsp3) is 0.500. The largest absolute Gasteiger partial charge is 0.382 e. The van der Waals surface area contributed by atoms with Gasteiger partial charge in [0.1, 0.15) is 0 Å². The van der Waals surface area contributed by atoms with E-state index in [1.807, 2.05) is 17.0 Å². The molecular weight excluding hydrogens is 357 g/mol. The van der Waals surface area contributed by atoms with Gasteiger partial charge in [-0.2, -0.15) is 0 Å². The van der Waals surface area contributed by atoms with Gasteiger partial charge in [0.05, 0.1) is 19.8 Å². The molecule has 2 rings (SSSR count). The summed E-state index contributed by atoms with van der Waals surface area (Å²) in [7, 11) is 1.65. The molecule has 0 fully saturated rings. The number of aryl methyl sites for hydroxylation is 1. The first-order valence-electron chi connectivity index (χ1n) is 6.38. The first kappa shape index (κ1) is 14.7. The lowest BCUT2D eigenvalue weighted by Gasteiger charge is -2.29. The Morgan fingerprint density at radius 2 is 2.11 bits per heavy atom. The van der Waals surface area contributed by atoms with Gasteiger partial charge in [-0.3, -0.25) is 4.79 Å². The molecule has 19 heavy (non-hydrogen) atoms. The van der Waals surface area contributed by atoms with Crippen LogP contribution in [0.3, 0.4) is 0 Å². The van der Waals surface area contributed by atoms with Gasteiger partial charge in [-0.15, -0.1) is 0 Å². The van der Waals surface area contributed by atoms with Crippen LogP contribution in [0.4, 0.5) is 5.69 Å². The van der Waals surface area contributed by atoms with Crippen molar-refractivity contribution in [3.8, 4) is 0 Å². The number of ether oxygens (including phenoxy) is 2. The quantitative estimate of drug-likeness (QED) is 0.566. The number of halogens is 1. The summed E-state index contributed by atoms with van der Waals surface area (Å²) in [5.74, 6) is 0.184. The molecule has 0 atom stereocenters. The number of carbonyl (C=O) groups is 1. The molecule has 1 aliphatic rings. The number of anilines is 1. The minimum absolute atomic E-state index is 0.184. The first-order chi connectivity index (χ1) is 9.22. The first-order valence-corrected chi connectivity index (χ1v) is 7.45. The Hall–Kier alpha value is -0.660. The number of nitrogens with zero attached hydrogens (tertiary/aromatic N) is 1. The predicted molar refractivity (Wildman–Crippen MR) is 82.5 cm³/mol. The molecule has 0 radical (unpaired) electrons. The average Bonchev–Trinajstić information content (AvgIpc) is 2.41. The summed E-state index contributed by atoms with van der Waals surface area (Å²) in [5.41, 5.74) is 2.29. The Morgan fingerprint density at radius 1 is 1.26 bits per heavy atom. The van der Waals surface area contributed by atoms with Crippen molar-refractivity contribution in [2.75, 3.05) is 38.4 Å². The summed E-state index contributed by atoms with van der Waals surface area (Å²) in [6.45, 7) is 2.30. The Kier molecular flexibility index (Phi) is 5.59. The van der Waals surface area contributed by atoms with Crippen LogP contribution in [0.15, 0.2) is 18.2 Å². The highest BCUT2D eigenvalue weighted by Gasteiger charge is 2.23. The van der Waals surface area contributed by atoms with Crippen LogP contribution in [0.1, 0.15) is 12.0 Å². The number of hydrogen-bond donors (Lipinski definition) is 0. The molecule has 0 aromatic heterocycles. The monoisotopic (exact) mass is 375 g/mol. The van der Waals surface area contributed by atoms with Crippen molar-refractivity contribution < 1.29 is 14.3 Å². The van der Waals surface area contributed by atoms with Gasteiger partial charge >= 0.3 is 0 Å². The number of fused-ring (bicyclic) bond motifs is 1. The van der Waals surface area contributed by atoms with Gasteiger partial charge in [-0.25, -0.2) is 0 Å². The molecule has 0 unspecified atom stereocenters. The van der Waals surface area contributed by atoms with E-state index in [1.54, 1.807) is 7.11 Å². The SMILES string of the molecule is COCCOCCN1C(=O)CCc2cc(I)ccc21. The van der Waals surface area contributed by atoms with E-state index in [0.717, 1.165) is 12.1 Å². The summed E-state index contributed by atoms with van der Waals surface area (Å²) in [6, 6.07) is 6.22. The van der Waals surface area contributed by atoms with Crippen molar-refractivity contribution >= 4 is 34.2 Å². The van der Waals surface area contributed by atoms with Crippen LogP contribution < -0.4 is 4.90 Å². The maximum absolute atomic E-state index is 12.0. The second-order valence-corrected chi connectivity index (χ2v) is 5.67. The molecule has 0 spiro atoms. The van der Waals surface area contributed by atoms with E-state index in [-0.39, 0.29) is 5.91 Å². The summed E-state index contributed by atoms with van der Waals surface area (Å²) in [4.78, 5) is 13.8. The van der Waals surface area contributed by atoms with Gasteiger partial charge in [0.2, 0.25) is 5.91 Å². The Morgan fingerprint density at radius 3 is 2.89 bits per heavy atom. The maximum Gasteiger partial charge on any atom is 0.227 e. The van der Waals surface area contributed by atoms with Crippen LogP contribution in [-0.4, -0.2) is 39.4 Å². The highest BCUT2D eigenvalue weighted by Crippen LogP contribution is 2.28. The zero-order chi connectivity index (χ0) is 13.7. The van der Waals surface area contributed by atoms with E-state index >= 15 is 0 Å². The number of rotatable bonds is 6. The number of amides is 1. The molecule has 1 amide bonds. The normalized spacial score (nSPS) is 14.6. The Bertz CT molecular complexity index is 450. The van der Waals surface area contributed by atoms with Gasteiger partial charge in [-0.1, -0.05) is 0 Å². The number of methoxy groups -OCH3 is 1. The molecule has 1 heterocycles. The number of hydrogen-bond acceptors (Lipinski definition) is 3. The minimum Gasteiger partial charge on any atom is -0.382 e. The summed E-state index contributed by atoms with van der Waals surface area (Å²) in [5, 5.41) is 0. The summed E-state index contributed by atoms with van der Waals surface area (Å²) < 4.78 is 11.6. The molecule has 0 aliphatic carbocycles. The minimum atomic E-state index is 0.184. The van der Waals surface area contributed by atoms with E-state index in [0.29, 0.717) is 32.8 Å². The third-order valence-electron chi connectivity index (χ3n) is 3.13. The molecule has 0 N–H and O–H groups in total. The fourth-order valence-electron chi connectivity index (χ4n) is 2.17. The summed E-state index contributed by atoms with van der Waals surface area (Å²) in [6.07, 6.45) is 1.43. The van der Waals surface area contributed by atoms with Crippen molar-refractivity contribution in [3.05, 3.63) is 27.3 Å². The molecule has 0 saturated heterocycles. The average molecular weight is 375 g/mol. The second kappa shape index (κ2) is 7.21. The van der Waals surface area contributed by atoms with Gasteiger partial charge in [0.15, 0.2) is 0 Å². The predicted octanol–water partition coefficient (Wildman–Crippen LogP) is 2.23. The van der Waals surface area contributed by atoms with Crippen LogP contribution in [0.5, 0.6) is 0 Å². The van der Waals surface area contributed by atoms with Crippen molar-refractivity contribution in [2.45, 2.75) is 12.8 Å². The molecule has 5 heteroatoms. The topological polar surface area (TPSA) is 38.8 Å². The third-order valence-corrected chi connectivity index (χ3v) is 3.80. The highest BCUT2D eigenvalue weighted by molar-refractivity contribution is 14.1. The van der Waals surface area contributed by atoms with Gasteiger partial charge < -0.3 is 14.4 Å². The van der Waals surface area contributed by atoms with E-state index in [2.05, 4.69) is 28.7 Å². The molecule has 1 aromatic carbocycles. The molecular formula is C14H18INO3. The fourth-order valence-corrected chi connectivity index (χ4v) is 2.73. The molecule has 0 saturated carbocycles. The number of benzene rings is 1. The van der Waals surface area contributed by atoms with Crippen molar-refractivity contribution in [2.24, 2.45) is 0 Å². The van der Waals surface area contributed by atoms with Crippen LogP contribution in [-0.2, 0) is 20.7 Å². The zero-order valence-corrected chi connectivity index (χ0v) is 13.2. The van der Waals surface area contributed by atoms with E-state index in [1.165, 1.54) is 9.13 Å². The Balaban J connectivity index is 1.98. The second-order valence-electron chi connectivity index (χ2n) is 4.42. The molecule has 1 aliphatic heterocycles. The molecule has 104 valence electrons. The van der Waals surface area contributed by atoms with Crippen LogP contribution >= 0.6 is 22.6 Å². The van der Waals surface area contributed by atoms with Crippen LogP contribution in [0, 0.1) is 3.57 Å². The third kappa shape index (κ3) is 3.90. The molecule has 0 bridgehead atoms. The van der Waals surface area contributed by atoms with Crippen LogP contribution in [0.2, 0.25) is 0 Å². The van der Waals surface area contributed by atoms with Crippen molar-refractivity contribution in [3.63, 3.8) is 0 Å². The summed E-state index contributed by atoms with van der Waals surface area (Å²) >= 11 is 2.30. The van der Waals surface area contributed by atoms with Gasteiger partial charge in [0, 0.05) is 29.3 Å². The van der Waals surface area contributed by atoms with Gasteiger partial charge in [-0.05, 0) is 52.8 Å². The zero-order valence-electron chi connectivity index (χ0n) is 11.0. The molecule has 1 aromatic rings. The lowest BCUT2D eigenvalue weighted by atomic mass is 10.0. The van der Waals surface area contributed by atoms with Crippen LogP contribution in [0.25, 0.3) is 0 Å². The maximum atomic E-state index is 12.0. The smallest absolute Gasteiger partial charge is 0.227 e. The van der Waals surface area contributed by atoms with E-state index in [4.69, 9.17) is 9.47 Å². The van der Waals surface area contributed by atoms with E-state index < -0.39 is 0 Å². The highest BCUT2D eigenvalue weighted by atomic mass is 127. The standard InChI is InChI=1S/C14H18INO3/c1-18-8-9-19-7-6-16-13-4-3-12(15)10-11(13)2-5-14(16)17/h3-4,10H,2,5-9H2,1H3. The van der Waals surface area contributed by atoms with E-state index in [9.17, 15) is 4.79 Å². The van der Waals surface area contributed by atoms with Crippen molar-refractivity contribution in [1.82, 2.24) is 0 Å². The lowest BCUT2D eigenvalue weighted by molar-refractivity contribution is -0.119. The molecule has 4 nitrogen and oxygen atoms in total. The van der Waals surface area contributed by atoms with Crippen molar-refractivity contribution in [1.29, 1.82) is 0 Å². The Labute approximate surface area is 127 Å². The number of carbonyl (C=O) groups excluding carboxylic acids is 1.